The molecule has 5 rings (SSSR count). The molecule has 0 radical (unpaired) electrons. The molecular formula is C30H31N3O3S. The van der Waals surface area contributed by atoms with E-state index in [2.05, 4.69) is 29.6 Å². The number of benzene rings is 4. The van der Waals surface area contributed by atoms with Gasteiger partial charge in [-0.2, -0.15) is 4.31 Å². The lowest BCUT2D eigenvalue weighted by atomic mass is 10.1. The predicted molar refractivity (Wildman–Crippen MR) is 147 cm³/mol. The first-order chi connectivity index (χ1) is 18.0. The van der Waals surface area contributed by atoms with E-state index in [-0.39, 0.29) is 19.0 Å². The van der Waals surface area contributed by atoms with E-state index in [1.807, 2.05) is 60.7 Å². The molecule has 0 unspecified atom stereocenters. The third-order valence-corrected chi connectivity index (χ3v) is 8.74. The molecule has 1 fully saturated rings. The molecule has 37 heavy (non-hydrogen) atoms. The molecule has 1 N–H and O–H groups in total. The van der Waals surface area contributed by atoms with E-state index in [1.165, 1.54) is 9.87 Å². The van der Waals surface area contributed by atoms with Crippen molar-refractivity contribution in [1.29, 1.82) is 0 Å². The number of carbonyl (C=O) groups is 1. The highest BCUT2D eigenvalue weighted by Gasteiger charge is 2.30. The van der Waals surface area contributed by atoms with Gasteiger partial charge in [-0.1, -0.05) is 72.8 Å². The lowest BCUT2D eigenvalue weighted by molar-refractivity contribution is 0.0698. The number of hydrogen-bond acceptors (Lipinski definition) is 4. The highest BCUT2D eigenvalue weighted by atomic mass is 32.2. The van der Waals surface area contributed by atoms with Gasteiger partial charge < -0.3 is 10.2 Å². The van der Waals surface area contributed by atoms with Gasteiger partial charge in [-0.15, -0.1) is 0 Å². The minimum atomic E-state index is -3.61. The molecule has 1 amide bonds. The van der Waals surface area contributed by atoms with Crippen molar-refractivity contribution in [3.05, 3.63) is 114 Å². The van der Waals surface area contributed by atoms with Crippen LogP contribution in [-0.2, 0) is 23.0 Å². The number of nitrogens with zero attached hydrogens (tertiary/aromatic N) is 2. The maximum atomic E-state index is 13.2. The Balaban J connectivity index is 1.13. The van der Waals surface area contributed by atoms with Crippen LogP contribution in [0.4, 0.5) is 0 Å². The van der Waals surface area contributed by atoms with Gasteiger partial charge in [-0.25, -0.2) is 8.42 Å². The Morgan fingerprint density at radius 1 is 0.730 bits per heavy atom. The lowest BCUT2D eigenvalue weighted by Gasteiger charge is -2.34. The summed E-state index contributed by atoms with van der Waals surface area (Å²) >= 11 is 0. The van der Waals surface area contributed by atoms with Crippen molar-refractivity contribution in [2.45, 2.75) is 17.9 Å². The number of carbonyl (C=O) groups excluding carboxylic acids is 1. The first kappa shape index (κ1) is 25.1. The largest absolute Gasteiger partial charge is 0.336 e. The van der Waals surface area contributed by atoms with Crippen LogP contribution < -0.4 is 5.32 Å². The van der Waals surface area contributed by atoms with Crippen LogP contribution >= 0.6 is 0 Å². The normalized spacial score (nSPS) is 14.6. The van der Waals surface area contributed by atoms with Crippen molar-refractivity contribution < 1.29 is 13.2 Å². The summed E-state index contributed by atoms with van der Waals surface area (Å²) in [5.41, 5.74) is 3.05. The van der Waals surface area contributed by atoms with Crippen LogP contribution in [0, 0.1) is 0 Å². The van der Waals surface area contributed by atoms with Crippen LogP contribution in [0.2, 0.25) is 0 Å². The fourth-order valence-electron chi connectivity index (χ4n) is 4.67. The Hall–Kier alpha value is -3.52. The average molecular weight is 514 g/mol. The van der Waals surface area contributed by atoms with Crippen LogP contribution in [0.25, 0.3) is 10.8 Å². The van der Waals surface area contributed by atoms with Crippen molar-refractivity contribution in [3.63, 3.8) is 0 Å². The van der Waals surface area contributed by atoms with Crippen LogP contribution in [0.1, 0.15) is 21.5 Å². The summed E-state index contributed by atoms with van der Waals surface area (Å²) in [6.45, 7) is 2.93. The van der Waals surface area contributed by atoms with Gasteiger partial charge in [0.15, 0.2) is 0 Å². The summed E-state index contributed by atoms with van der Waals surface area (Å²) in [5, 5.41) is 5.35. The summed E-state index contributed by atoms with van der Waals surface area (Å²) in [7, 11) is -3.61. The molecule has 4 aromatic rings. The van der Waals surface area contributed by atoms with Crippen LogP contribution in [0.3, 0.4) is 0 Å². The highest BCUT2D eigenvalue weighted by Crippen LogP contribution is 2.23. The second kappa shape index (κ2) is 11.3. The van der Waals surface area contributed by atoms with Gasteiger partial charge in [0.25, 0.3) is 5.91 Å². The molecule has 0 spiro atoms. The number of rotatable bonds is 8. The monoisotopic (exact) mass is 513 g/mol. The molecule has 6 nitrogen and oxygen atoms in total. The van der Waals surface area contributed by atoms with E-state index >= 15 is 0 Å². The van der Waals surface area contributed by atoms with Gasteiger partial charge in [0.05, 0.1) is 4.90 Å². The summed E-state index contributed by atoms with van der Waals surface area (Å²) in [6.07, 6.45) is 0.972. The van der Waals surface area contributed by atoms with E-state index < -0.39 is 10.0 Å². The summed E-state index contributed by atoms with van der Waals surface area (Å²) in [4.78, 5) is 15.1. The van der Waals surface area contributed by atoms with Gasteiger partial charge in [0.1, 0.15) is 0 Å². The zero-order valence-corrected chi connectivity index (χ0v) is 21.5. The molecule has 1 heterocycles. The summed E-state index contributed by atoms with van der Waals surface area (Å²) in [6, 6.07) is 31.0. The molecule has 7 heteroatoms. The molecule has 1 aliphatic rings. The van der Waals surface area contributed by atoms with Crippen molar-refractivity contribution in [1.82, 2.24) is 14.5 Å². The quantitative estimate of drug-likeness (QED) is 0.357. The van der Waals surface area contributed by atoms with E-state index in [9.17, 15) is 13.2 Å². The Bertz CT molecular complexity index is 1460. The number of amides is 1. The van der Waals surface area contributed by atoms with Crippen LogP contribution in [0.15, 0.2) is 102 Å². The van der Waals surface area contributed by atoms with Crippen molar-refractivity contribution >= 4 is 26.7 Å². The molecule has 0 atom stereocenters. The van der Waals surface area contributed by atoms with Crippen molar-refractivity contribution in [3.8, 4) is 0 Å². The minimum absolute atomic E-state index is 0.0636. The molecule has 1 saturated heterocycles. The topological polar surface area (TPSA) is 69.7 Å². The first-order valence-corrected chi connectivity index (χ1v) is 14.1. The molecule has 0 aromatic heterocycles. The maximum Gasteiger partial charge on any atom is 0.253 e. The van der Waals surface area contributed by atoms with Crippen molar-refractivity contribution in [2.75, 3.05) is 32.7 Å². The lowest BCUT2D eigenvalue weighted by Crippen LogP contribution is -2.50. The molecule has 4 aromatic carbocycles. The van der Waals surface area contributed by atoms with Crippen LogP contribution in [-0.4, -0.2) is 56.3 Å². The molecule has 0 bridgehead atoms. The minimum Gasteiger partial charge on any atom is -0.336 e. The van der Waals surface area contributed by atoms with Gasteiger partial charge in [0, 0.05) is 38.3 Å². The van der Waals surface area contributed by atoms with E-state index in [0.717, 1.165) is 35.8 Å². The molecule has 1 aliphatic heterocycles. The number of nitrogens with one attached hydrogen (secondary N) is 1. The van der Waals surface area contributed by atoms with E-state index in [1.54, 1.807) is 17.0 Å². The molecule has 0 saturated carbocycles. The molecule has 190 valence electrons. The van der Waals surface area contributed by atoms with Gasteiger partial charge in [-0.05, 0) is 59.1 Å². The second-order valence-corrected chi connectivity index (χ2v) is 11.3. The fourth-order valence-corrected chi connectivity index (χ4v) is 6.12. The Labute approximate surface area is 218 Å². The average Bonchev–Trinajstić information content (AvgIpc) is 2.95. The number of piperazine rings is 1. The van der Waals surface area contributed by atoms with Gasteiger partial charge in [-0.3, -0.25) is 4.79 Å². The van der Waals surface area contributed by atoms with E-state index in [4.69, 9.17) is 0 Å². The zero-order valence-electron chi connectivity index (χ0n) is 20.7. The number of hydrogen-bond donors (Lipinski definition) is 1. The zero-order chi connectivity index (χ0) is 25.7. The second-order valence-electron chi connectivity index (χ2n) is 9.31. The van der Waals surface area contributed by atoms with Crippen molar-refractivity contribution in [2.24, 2.45) is 0 Å². The maximum absolute atomic E-state index is 13.2. The summed E-state index contributed by atoms with van der Waals surface area (Å²) < 4.78 is 27.9. The van der Waals surface area contributed by atoms with Gasteiger partial charge >= 0.3 is 0 Å². The standard InChI is InChI=1S/C30H31N3O3S/c34-30(27-12-10-25(11-13-27)23-31-17-16-24-6-2-1-3-7-24)32-18-20-33(21-19-32)37(35,36)29-15-14-26-8-4-5-9-28(26)22-29/h1-15,22,31H,16-21,23H2. The van der Waals surface area contributed by atoms with Crippen LogP contribution in [0.5, 0.6) is 0 Å². The Morgan fingerprint density at radius 3 is 2.14 bits per heavy atom. The molecular weight excluding hydrogens is 482 g/mol. The fraction of sp³-hybridized carbons (Fsp3) is 0.233. The highest BCUT2D eigenvalue weighted by molar-refractivity contribution is 7.89. The van der Waals surface area contributed by atoms with E-state index in [0.29, 0.717) is 23.5 Å². The number of sulfonamides is 1. The Kier molecular flexibility index (Phi) is 7.65. The van der Waals surface area contributed by atoms with Gasteiger partial charge in [0.2, 0.25) is 10.0 Å². The third kappa shape index (κ3) is 5.91. The first-order valence-electron chi connectivity index (χ1n) is 12.6. The predicted octanol–water partition coefficient (Wildman–Crippen LogP) is 4.32. The SMILES string of the molecule is O=C(c1ccc(CNCCc2ccccc2)cc1)N1CCN(S(=O)(=O)c2ccc3ccccc3c2)CC1. The third-order valence-electron chi connectivity index (χ3n) is 6.85. The number of fused-ring (bicyclic) bond motifs is 1. The Morgan fingerprint density at radius 2 is 1.41 bits per heavy atom. The molecule has 0 aliphatic carbocycles. The smallest absolute Gasteiger partial charge is 0.253 e. The summed E-state index contributed by atoms with van der Waals surface area (Å²) in [5.74, 6) is -0.0636.